The Bertz CT molecular complexity index is 870. The Balaban J connectivity index is 1.66. The molecule has 0 atom stereocenters. The fraction of sp³-hybridized carbons (Fsp3) is 0.158. The summed E-state index contributed by atoms with van der Waals surface area (Å²) >= 11 is 1.66. The summed E-state index contributed by atoms with van der Waals surface area (Å²) in [6.07, 6.45) is 0.894. The second kappa shape index (κ2) is 5.63. The molecule has 0 saturated carbocycles. The van der Waals surface area contributed by atoms with Crippen LogP contribution in [0.5, 0.6) is 0 Å². The molecule has 1 aliphatic heterocycles. The van der Waals surface area contributed by atoms with Crippen LogP contribution in [0.3, 0.4) is 0 Å². The molecule has 4 rings (SSSR count). The van der Waals surface area contributed by atoms with Gasteiger partial charge in [0.2, 0.25) is 0 Å². The van der Waals surface area contributed by atoms with Gasteiger partial charge < -0.3 is 4.90 Å². The van der Waals surface area contributed by atoms with Crippen LogP contribution in [0.2, 0.25) is 0 Å². The molecule has 1 amide bonds. The van der Waals surface area contributed by atoms with Gasteiger partial charge in [-0.25, -0.2) is 4.98 Å². The van der Waals surface area contributed by atoms with E-state index < -0.39 is 0 Å². The lowest BCUT2D eigenvalue weighted by molar-refractivity contribution is 0.0989. The van der Waals surface area contributed by atoms with Crippen molar-refractivity contribution in [3.63, 3.8) is 0 Å². The molecule has 0 aliphatic carbocycles. The molecule has 2 heterocycles. The van der Waals surface area contributed by atoms with Gasteiger partial charge in [-0.1, -0.05) is 24.3 Å². The normalized spacial score (nSPS) is 13.2. The van der Waals surface area contributed by atoms with Gasteiger partial charge in [-0.05, 0) is 43.2 Å². The first-order valence-corrected chi connectivity index (χ1v) is 8.53. The Morgan fingerprint density at radius 3 is 2.74 bits per heavy atom. The number of nitrogens with zero attached hydrogens (tertiary/aromatic N) is 2. The van der Waals surface area contributed by atoms with Gasteiger partial charge >= 0.3 is 0 Å². The minimum absolute atomic E-state index is 0.0709. The molecule has 0 saturated heterocycles. The molecule has 23 heavy (non-hydrogen) atoms. The van der Waals surface area contributed by atoms with Crippen molar-refractivity contribution >= 4 is 22.9 Å². The number of aryl methyl sites for hydroxylation is 1. The zero-order chi connectivity index (χ0) is 15.8. The topological polar surface area (TPSA) is 33.2 Å². The summed E-state index contributed by atoms with van der Waals surface area (Å²) in [6.45, 7) is 2.75. The molecule has 0 spiro atoms. The summed E-state index contributed by atoms with van der Waals surface area (Å²) in [4.78, 5) is 19.1. The fourth-order valence-corrected chi connectivity index (χ4v) is 3.63. The number of rotatable bonds is 2. The summed E-state index contributed by atoms with van der Waals surface area (Å²) in [7, 11) is 0. The van der Waals surface area contributed by atoms with Crippen LogP contribution in [0.4, 0.5) is 5.69 Å². The number of carbonyl (C=O) groups excluding carboxylic acids is 1. The number of hydrogen-bond acceptors (Lipinski definition) is 3. The van der Waals surface area contributed by atoms with Gasteiger partial charge in [0.25, 0.3) is 5.91 Å². The average molecular weight is 320 g/mol. The van der Waals surface area contributed by atoms with Gasteiger partial charge in [-0.3, -0.25) is 4.79 Å². The predicted octanol–water partition coefficient (Wildman–Crippen LogP) is 4.32. The third-order valence-electron chi connectivity index (χ3n) is 4.16. The first-order chi connectivity index (χ1) is 11.2. The second-order valence-corrected chi connectivity index (χ2v) is 6.73. The van der Waals surface area contributed by atoms with Crippen molar-refractivity contribution in [1.82, 2.24) is 4.98 Å². The maximum absolute atomic E-state index is 12.7. The molecule has 0 radical (unpaired) electrons. The summed E-state index contributed by atoms with van der Waals surface area (Å²) in [5, 5.41) is 3.15. The number of carbonyl (C=O) groups is 1. The molecule has 0 unspecified atom stereocenters. The van der Waals surface area contributed by atoms with Crippen LogP contribution in [0, 0.1) is 6.92 Å². The van der Waals surface area contributed by atoms with E-state index >= 15 is 0 Å². The smallest absolute Gasteiger partial charge is 0.258 e. The van der Waals surface area contributed by atoms with Crippen molar-refractivity contribution in [3.05, 3.63) is 70.0 Å². The summed E-state index contributed by atoms with van der Waals surface area (Å²) in [5.41, 5.74) is 5.12. The van der Waals surface area contributed by atoms with Crippen molar-refractivity contribution < 1.29 is 4.79 Å². The first kappa shape index (κ1) is 14.2. The summed E-state index contributed by atoms with van der Waals surface area (Å²) in [6, 6.07) is 15.7. The Hall–Kier alpha value is -2.46. The van der Waals surface area contributed by atoms with Crippen molar-refractivity contribution in [3.8, 4) is 11.3 Å². The van der Waals surface area contributed by atoms with Crippen LogP contribution < -0.4 is 4.90 Å². The molecule has 0 bridgehead atoms. The molecule has 3 aromatic rings. The minimum Gasteiger partial charge on any atom is -0.308 e. The highest BCUT2D eigenvalue weighted by Crippen LogP contribution is 2.33. The van der Waals surface area contributed by atoms with Crippen molar-refractivity contribution in [2.45, 2.75) is 13.3 Å². The molecule has 0 fully saturated rings. The summed E-state index contributed by atoms with van der Waals surface area (Å²) < 4.78 is 0. The van der Waals surface area contributed by atoms with Crippen molar-refractivity contribution in [1.29, 1.82) is 0 Å². The van der Waals surface area contributed by atoms with Gasteiger partial charge in [0.05, 0.1) is 10.7 Å². The largest absolute Gasteiger partial charge is 0.308 e. The predicted molar refractivity (Wildman–Crippen MR) is 94.1 cm³/mol. The van der Waals surface area contributed by atoms with E-state index in [1.807, 2.05) is 48.2 Å². The molecule has 0 N–H and O–H groups in total. The monoisotopic (exact) mass is 320 g/mol. The highest BCUT2D eigenvalue weighted by Gasteiger charge is 2.25. The molecule has 1 aliphatic rings. The van der Waals surface area contributed by atoms with E-state index in [9.17, 15) is 4.79 Å². The number of anilines is 1. The first-order valence-electron chi connectivity index (χ1n) is 7.65. The van der Waals surface area contributed by atoms with E-state index in [1.165, 1.54) is 5.56 Å². The van der Waals surface area contributed by atoms with E-state index in [2.05, 4.69) is 22.5 Å². The Kier molecular flexibility index (Phi) is 3.46. The molecule has 1 aromatic heterocycles. The Morgan fingerprint density at radius 2 is 2.00 bits per heavy atom. The van der Waals surface area contributed by atoms with Crippen LogP contribution in [-0.2, 0) is 6.42 Å². The van der Waals surface area contributed by atoms with Gasteiger partial charge in [-0.15, -0.1) is 11.3 Å². The van der Waals surface area contributed by atoms with Crippen molar-refractivity contribution in [2.24, 2.45) is 0 Å². The lowest BCUT2D eigenvalue weighted by Crippen LogP contribution is -2.28. The third kappa shape index (κ3) is 2.55. The SMILES string of the molecule is Cc1nc(-c2ccc3c(c2)CCN3C(=O)c2ccccc2)cs1. The van der Waals surface area contributed by atoms with Crippen LogP contribution in [0.15, 0.2) is 53.9 Å². The zero-order valence-electron chi connectivity index (χ0n) is 12.8. The van der Waals surface area contributed by atoms with Crippen molar-refractivity contribution in [2.75, 3.05) is 11.4 Å². The average Bonchev–Trinajstić information content (AvgIpc) is 3.20. The lowest BCUT2D eigenvalue weighted by Gasteiger charge is -2.17. The van der Waals surface area contributed by atoms with Gasteiger partial charge in [0.1, 0.15) is 0 Å². The molecule has 2 aromatic carbocycles. The Labute approximate surface area is 139 Å². The van der Waals surface area contributed by atoms with Gasteiger partial charge in [0.15, 0.2) is 0 Å². The van der Waals surface area contributed by atoms with E-state index in [4.69, 9.17) is 0 Å². The highest BCUT2D eigenvalue weighted by molar-refractivity contribution is 7.09. The number of benzene rings is 2. The number of hydrogen-bond donors (Lipinski definition) is 0. The molecule has 4 heteroatoms. The number of thiazole rings is 1. The molecular weight excluding hydrogens is 304 g/mol. The molecule has 3 nitrogen and oxygen atoms in total. The summed E-state index contributed by atoms with van der Waals surface area (Å²) in [5.74, 6) is 0.0709. The van der Waals surface area contributed by atoms with E-state index in [0.29, 0.717) is 0 Å². The van der Waals surface area contributed by atoms with Gasteiger partial charge in [0, 0.05) is 28.7 Å². The van der Waals surface area contributed by atoms with E-state index in [0.717, 1.165) is 40.5 Å². The number of fused-ring (bicyclic) bond motifs is 1. The standard InChI is InChI=1S/C19H16N2OS/c1-13-20-17(12-23-13)15-7-8-18-16(11-15)9-10-21(18)19(22)14-5-3-2-4-6-14/h2-8,11-12H,9-10H2,1H3. The molecule has 114 valence electrons. The van der Waals surface area contributed by atoms with Crippen LogP contribution in [0.25, 0.3) is 11.3 Å². The third-order valence-corrected chi connectivity index (χ3v) is 4.93. The van der Waals surface area contributed by atoms with Crippen LogP contribution >= 0.6 is 11.3 Å². The Morgan fingerprint density at radius 1 is 1.17 bits per heavy atom. The highest BCUT2D eigenvalue weighted by atomic mass is 32.1. The zero-order valence-corrected chi connectivity index (χ0v) is 13.6. The molecular formula is C19H16N2OS. The minimum atomic E-state index is 0.0709. The van der Waals surface area contributed by atoms with E-state index in [-0.39, 0.29) is 5.91 Å². The second-order valence-electron chi connectivity index (χ2n) is 5.67. The maximum atomic E-state index is 12.7. The van der Waals surface area contributed by atoms with E-state index in [1.54, 1.807) is 11.3 Å². The quantitative estimate of drug-likeness (QED) is 0.704. The van der Waals surface area contributed by atoms with Gasteiger partial charge in [-0.2, -0.15) is 0 Å². The maximum Gasteiger partial charge on any atom is 0.258 e. The fourth-order valence-electron chi connectivity index (χ4n) is 3.00. The number of aromatic nitrogens is 1. The number of amides is 1. The lowest BCUT2D eigenvalue weighted by atomic mass is 10.1. The van der Waals surface area contributed by atoms with Crippen LogP contribution in [0.1, 0.15) is 20.9 Å². The van der Waals surface area contributed by atoms with Crippen LogP contribution in [-0.4, -0.2) is 17.4 Å².